The summed E-state index contributed by atoms with van der Waals surface area (Å²) in [5.41, 5.74) is -0.337. The normalized spacial score (nSPS) is 17.5. The molecule has 1 aliphatic rings. The number of aliphatic imine (C=N–C) groups is 1. The van der Waals surface area contributed by atoms with Gasteiger partial charge in [0.1, 0.15) is 11.2 Å². The number of anilines is 2. The van der Waals surface area contributed by atoms with Gasteiger partial charge >= 0.3 is 6.18 Å². The molecule has 3 aromatic rings. The number of pyridine rings is 1. The van der Waals surface area contributed by atoms with Crippen LogP contribution in [0.5, 0.6) is 0 Å². The molecule has 198 valence electrons. The number of aromatic nitrogens is 1. The van der Waals surface area contributed by atoms with Gasteiger partial charge in [-0.15, -0.1) is 0 Å². The highest BCUT2D eigenvalue weighted by atomic mass is 19.4. The van der Waals surface area contributed by atoms with E-state index in [2.05, 4.69) is 20.6 Å². The molecule has 2 N–H and O–H groups in total. The molecule has 1 atom stereocenters. The number of hydrogen-bond acceptors (Lipinski definition) is 5. The maximum Gasteiger partial charge on any atom is 0.418 e. The van der Waals surface area contributed by atoms with Crippen LogP contribution in [0, 0.1) is 18.2 Å². The Balaban J connectivity index is 1.40. The molecule has 2 aromatic carbocycles. The first kappa shape index (κ1) is 26.9. The molecule has 1 saturated heterocycles. The number of ether oxygens (including phenoxy) is 1. The number of nitrogens with one attached hydrogen (secondary N) is 2. The molecule has 2 heterocycles. The van der Waals surface area contributed by atoms with Gasteiger partial charge in [-0.2, -0.15) is 13.2 Å². The summed E-state index contributed by atoms with van der Waals surface area (Å²) in [7, 11) is 0. The Morgan fingerprint density at radius 2 is 1.89 bits per heavy atom. The molecule has 0 aliphatic carbocycles. The molecule has 1 unspecified atom stereocenters. The van der Waals surface area contributed by atoms with Gasteiger partial charge in [0.25, 0.3) is 5.91 Å². The van der Waals surface area contributed by atoms with Crippen LogP contribution in [-0.2, 0) is 22.3 Å². The molecule has 1 aliphatic heterocycles. The standard InChI is InChI=1S/C27H24F4N4O3/c1-17-10-19(14-32-12-17)24(36)34-15-26(8-9-38-16-26)25(37)33-13-18-2-5-21(6-3-18)35-23-7-4-20(28)11-22(23)27(29,30)31/h2-7,10-12,14-15,35H,8-9,13,16H2,1H3,(H,33,37). The number of benzene rings is 2. The fourth-order valence-electron chi connectivity index (χ4n) is 3.93. The molecular formula is C27H24F4N4O3. The lowest BCUT2D eigenvalue weighted by Crippen LogP contribution is -2.42. The minimum Gasteiger partial charge on any atom is -0.380 e. The zero-order valence-corrected chi connectivity index (χ0v) is 20.3. The first-order chi connectivity index (χ1) is 18.1. The summed E-state index contributed by atoms with van der Waals surface area (Å²) in [4.78, 5) is 33.5. The van der Waals surface area contributed by atoms with Gasteiger partial charge in [-0.1, -0.05) is 12.1 Å². The maximum atomic E-state index is 13.3. The lowest BCUT2D eigenvalue weighted by molar-refractivity contribution is -0.137. The first-order valence-corrected chi connectivity index (χ1v) is 11.7. The van der Waals surface area contributed by atoms with E-state index in [0.29, 0.717) is 35.9 Å². The van der Waals surface area contributed by atoms with E-state index in [9.17, 15) is 27.2 Å². The predicted octanol–water partition coefficient (Wildman–Crippen LogP) is 5.23. The molecule has 4 rings (SSSR count). The number of amides is 2. The minimum atomic E-state index is -4.72. The number of carbonyl (C=O) groups is 2. The third-order valence-corrected chi connectivity index (χ3v) is 6.03. The zero-order valence-electron chi connectivity index (χ0n) is 20.3. The van der Waals surface area contributed by atoms with Crippen molar-refractivity contribution in [2.45, 2.75) is 26.1 Å². The third kappa shape index (κ3) is 6.41. The Morgan fingerprint density at radius 3 is 2.55 bits per heavy atom. The Labute approximate surface area is 216 Å². The van der Waals surface area contributed by atoms with E-state index in [1.54, 1.807) is 43.5 Å². The monoisotopic (exact) mass is 528 g/mol. The van der Waals surface area contributed by atoms with Crippen molar-refractivity contribution in [2.75, 3.05) is 18.5 Å². The van der Waals surface area contributed by atoms with E-state index in [1.165, 1.54) is 12.4 Å². The Morgan fingerprint density at radius 1 is 1.13 bits per heavy atom. The van der Waals surface area contributed by atoms with Crippen molar-refractivity contribution < 1.29 is 31.9 Å². The van der Waals surface area contributed by atoms with Crippen LogP contribution < -0.4 is 10.6 Å². The van der Waals surface area contributed by atoms with E-state index in [1.807, 2.05) is 0 Å². The molecule has 7 nitrogen and oxygen atoms in total. The SMILES string of the molecule is Cc1cncc(C(=O)N=CC2(C(=O)NCc3ccc(Nc4ccc(F)cc4C(F)(F)F)cc3)CCOC2)c1. The lowest BCUT2D eigenvalue weighted by atomic mass is 9.87. The van der Waals surface area contributed by atoms with Crippen LogP contribution in [0.4, 0.5) is 28.9 Å². The second kappa shape index (κ2) is 11.1. The molecule has 38 heavy (non-hydrogen) atoms. The average molecular weight is 529 g/mol. The molecule has 1 aromatic heterocycles. The Hall–Kier alpha value is -4.12. The third-order valence-electron chi connectivity index (χ3n) is 6.03. The summed E-state index contributed by atoms with van der Waals surface area (Å²) in [6.45, 7) is 2.35. The van der Waals surface area contributed by atoms with Crippen molar-refractivity contribution in [3.05, 3.63) is 89.0 Å². The van der Waals surface area contributed by atoms with Crippen molar-refractivity contribution in [3.63, 3.8) is 0 Å². The smallest absolute Gasteiger partial charge is 0.380 e. The summed E-state index contributed by atoms with van der Waals surface area (Å²) in [6.07, 6.45) is -0.0222. The highest BCUT2D eigenvalue weighted by Crippen LogP contribution is 2.36. The van der Waals surface area contributed by atoms with Gasteiger partial charge in [-0.25, -0.2) is 9.38 Å². The fourth-order valence-corrected chi connectivity index (χ4v) is 3.93. The topological polar surface area (TPSA) is 92.7 Å². The van der Waals surface area contributed by atoms with Gasteiger partial charge < -0.3 is 15.4 Å². The quantitative estimate of drug-likeness (QED) is 0.324. The number of carbonyl (C=O) groups excluding carboxylic acids is 2. The summed E-state index contributed by atoms with van der Waals surface area (Å²) in [6, 6.07) is 10.4. The van der Waals surface area contributed by atoms with E-state index in [0.717, 1.165) is 17.7 Å². The second-order valence-electron chi connectivity index (χ2n) is 8.97. The molecule has 0 radical (unpaired) electrons. The van der Waals surface area contributed by atoms with Crippen LogP contribution in [0.25, 0.3) is 0 Å². The summed E-state index contributed by atoms with van der Waals surface area (Å²) in [5.74, 6) is -1.86. The van der Waals surface area contributed by atoms with Crippen molar-refractivity contribution >= 4 is 29.4 Å². The average Bonchev–Trinajstić information content (AvgIpc) is 3.37. The maximum absolute atomic E-state index is 13.3. The van der Waals surface area contributed by atoms with Crippen molar-refractivity contribution in [2.24, 2.45) is 10.4 Å². The number of alkyl halides is 3. The Bertz CT molecular complexity index is 1350. The van der Waals surface area contributed by atoms with E-state index < -0.39 is 28.9 Å². The molecule has 0 bridgehead atoms. The molecule has 1 fully saturated rings. The van der Waals surface area contributed by atoms with Crippen LogP contribution in [0.3, 0.4) is 0 Å². The molecule has 0 spiro atoms. The Kier molecular flexibility index (Phi) is 7.86. The minimum absolute atomic E-state index is 0.0732. The lowest BCUT2D eigenvalue weighted by Gasteiger charge is -2.21. The van der Waals surface area contributed by atoms with Crippen molar-refractivity contribution in [3.8, 4) is 0 Å². The van der Waals surface area contributed by atoms with E-state index in [4.69, 9.17) is 4.74 Å². The highest BCUT2D eigenvalue weighted by molar-refractivity contribution is 6.05. The van der Waals surface area contributed by atoms with Crippen LogP contribution in [0.15, 0.2) is 65.9 Å². The van der Waals surface area contributed by atoms with Gasteiger partial charge in [-0.3, -0.25) is 14.6 Å². The first-order valence-electron chi connectivity index (χ1n) is 11.7. The van der Waals surface area contributed by atoms with Gasteiger partial charge in [-0.05, 0) is 60.9 Å². The predicted molar refractivity (Wildman–Crippen MR) is 133 cm³/mol. The summed E-state index contributed by atoms with van der Waals surface area (Å²) >= 11 is 0. The summed E-state index contributed by atoms with van der Waals surface area (Å²) < 4.78 is 58.5. The largest absolute Gasteiger partial charge is 0.418 e. The highest BCUT2D eigenvalue weighted by Gasteiger charge is 2.41. The van der Waals surface area contributed by atoms with Gasteiger partial charge in [0.15, 0.2) is 0 Å². The fraction of sp³-hybridized carbons (Fsp3) is 0.259. The van der Waals surface area contributed by atoms with E-state index in [-0.39, 0.29) is 24.7 Å². The van der Waals surface area contributed by atoms with Gasteiger partial charge in [0.2, 0.25) is 5.91 Å². The van der Waals surface area contributed by atoms with Crippen molar-refractivity contribution in [1.29, 1.82) is 0 Å². The van der Waals surface area contributed by atoms with Crippen molar-refractivity contribution in [1.82, 2.24) is 10.3 Å². The molecule has 11 heteroatoms. The van der Waals surface area contributed by atoms with Crippen LogP contribution in [-0.4, -0.2) is 36.2 Å². The number of nitrogens with zero attached hydrogens (tertiary/aromatic N) is 2. The molecule has 0 saturated carbocycles. The summed E-state index contributed by atoms with van der Waals surface area (Å²) in [5, 5.41) is 5.46. The molecule has 2 amide bonds. The molecular weight excluding hydrogens is 504 g/mol. The number of halogens is 4. The van der Waals surface area contributed by atoms with E-state index >= 15 is 0 Å². The van der Waals surface area contributed by atoms with Gasteiger partial charge in [0, 0.05) is 37.4 Å². The number of rotatable bonds is 7. The van der Waals surface area contributed by atoms with Crippen LogP contribution in [0.2, 0.25) is 0 Å². The zero-order chi connectivity index (χ0) is 27.3. The number of hydrogen-bond donors (Lipinski definition) is 2. The second-order valence-corrected chi connectivity index (χ2v) is 8.97. The van der Waals surface area contributed by atoms with Crippen LogP contribution >= 0.6 is 0 Å². The van der Waals surface area contributed by atoms with Gasteiger partial charge in [0.05, 0.1) is 23.4 Å². The number of aryl methyl sites for hydroxylation is 1. The van der Waals surface area contributed by atoms with Crippen LogP contribution in [0.1, 0.15) is 33.5 Å².